The van der Waals surface area contributed by atoms with Crippen molar-refractivity contribution in [2.75, 3.05) is 14.2 Å². The minimum absolute atomic E-state index is 0.200. The van der Waals surface area contributed by atoms with Crippen LogP contribution in [0.1, 0.15) is 27.5 Å². The summed E-state index contributed by atoms with van der Waals surface area (Å²) < 4.78 is 29.5. The summed E-state index contributed by atoms with van der Waals surface area (Å²) in [6.07, 6.45) is 0. The fourth-order valence-electron chi connectivity index (χ4n) is 3.21. The molecule has 3 aromatic rings. The third-order valence-electron chi connectivity index (χ3n) is 4.66. The molecule has 3 heterocycles. The average Bonchev–Trinajstić information content (AvgIpc) is 3.21. The Bertz CT molecular complexity index is 1060. The number of halogens is 1. The fourth-order valence-corrected chi connectivity index (χ4v) is 3.21. The van der Waals surface area contributed by atoms with E-state index < -0.39 is 5.95 Å². The van der Waals surface area contributed by atoms with Gasteiger partial charge in [0.1, 0.15) is 17.2 Å². The smallest absolute Gasteiger partial charge is 0.292 e. The Morgan fingerprint density at radius 2 is 2.00 bits per heavy atom. The van der Waals surface area contributed by atoms with E-state index in [-0.39, 0.29) is 17.6 Å². The molecule has 28 heavy (non-hydrogen) atoms. The second-order valence-electron chi connectivity index (χ2n) is 6.40. The number of aromatic nitrogens is 2. The molecule has 1 aliphatic heterocycles. The van der Waals surface area contributed by atoms with E-state index in [1.54, 1.807) is 38.2 Å². The molecule has 0 spiro atoms. The molecule has 8 heteroatoms. The number of methoxy groups -OCH3 is 2. The largest absolute Gasteiger partial charge is 0.497 e. The lowest BCUT2D eigenvalue weighted by atomic mass is 10.1. The number of carbonyl (C=O) groups excluding carboxylic acids is 1. The molecule has 0 aliphatic carbocycles. The quantitative estimate of drug-likeness (QED) is 0.629. The maximum absolute atomic E-state index is 13.2. The van der Waals surface area contributed by atoms with Crippen LogP contribution in [0.4, 0.5) is 4.39 Å². The highest BCUT2D eigenvalue weighted by Crippen LogP contribution is 2.32. The first-order chi connectivity index (χ1) is 13.5. The van der Waals surface area contributed by atoms with Gasteiger partial charge in [-0.05, 0) is 31.2 Å². The molecule has 4 rings (SSSR count). The Kier molecular flexibility index (Phi) is 4.46. The van der Waals surface area contributed by atoms with Crippen LogP contribution in [0.25, 0.3) is 11.5 Å². The number of oxazole rings is 1. The van der Waals surface area contributed by atoms with Gasteiger partial charge in [-0.3, -0.25) is 4.79 Å². The molecule has 1 aliphatic rings. The Balaban J connectivity index is 1.57. The molecule has 1 aromatic carbocycles. The molecule has 0 N–H and O–H groups in total. The summed E-state index contributed by atoms with van der Waals surface area (Å²) in [4.78, 5) is 22.6. The standard InChI is InChI=1S/C20H18FN3O4/c1-11-14(6-7-17(21)22-11)19-23-15-10-24(20(25)18(15)28-19)9-12-4-5-13(26-2)8-16(12)27-3/h4-8H,9-10H2,1-3H3. The predicted molar refractivity (Wildman–Crippen MR) is 97.6 cm³/mol. The van der Waals surface area contributed by atoms with Crippen LogP contribution >= 0.6 is 0 Å². The maximum atomic E-state index is 13.2. The van der Waals surface area contributed by atoms with Gasteiger partial charge >= 0.3 is 0 Å². The van der Waals surface area contributed by atoms with Gasteiger partial charge in [0.15, 0.2) is 0 Å². The number of benzene rings is 1. The first-order valence-corrected chi connectivity index (χ1v) is 8.63. The highest BCUT2D eigenvalue weighted by Gasteiger charge is 2.34. The van der Waals surface area contributed by atoms with Crippen molar-refractivity contribution in [2.45, 2.75) is 20.0 Å². The number of fused-ring (bicyclic) bond motifs is 1. The van der Waals surface area contributed by atoms with Crippen molar-refractivity contribution in [1.82, 2.24) is 14.9 Å². The van der Waals surface area contributed by atoms with Gasteiger partial charge in [-0.1, -0.05) is 0 Å². The third kappa shape index (κ3) is 3.06. The number of rotatable bonds is 5. The van der Waals surface area contributed by atoms with Crippen LogP contribution in [0.5, 0.6) is 11.5 Å². The molecule has 144 valence electrons. The van der Waals surface area contributed by atoms with Crippen molar-refractivity contribution in [3.05, 3.63) is 59.0 Å². The number of amides is 1. The monoisotopic (exact) mass is 383 g/mol. The highest BCUT2D eigenvalue weighted by atomic mass is 19.1. The minimum atomic E-state index is -0.573. The Hall–Kier alpha value is -3.42. The number of aryl methyl sites for hydroxylation is 1. The van der Waals surface area contributed by atoms with Crippen molar-refractivity contribution >= 4 is 5.91 Å². The SMILES string of the molecule is COc1ccc(CN2Cc3nc(-c4ccc(F)nc4C)oc3C2=O)c(OC)c1. The molecule has 1 amide bonds. The first-order valence-electron chi connectivity index (χ1n) is 8.63. The van der Waals surface area contributed by atoms with Gasteiger partial charge in [-0.2, -0.15) is 4.39 Å². The first kappa shape index (κ1) is 18.0. The van der Waals surface area contributed by atoms with Crippen LogP contribution in [0.2, 0.25) is 0 Å². The van der Waals surface area contributed by atoms with Crippen LogP contribution in [0.15, 0.2) is 34.7 Å². The van der Waals surface area contributed by atoms with Gasteiger partial charge in [0.25, 0.3) is 5.91 Å². The van der Waals surface area contributed by atoms with Gasteiger partial charge in [0.2, 0.25) is 17.6 Å². The highest BCUT2D eigenvalue weighted by molar-refractivity contribution is 5.95. The summed E-state index contributed by atoms with van der Waals surface area (Å²) in [5.74, 6) is 0.957. The zero-order valence-electron chi connectivity index (χ0n) is 15.7. The van der Waals surface area contributed by atoms with Gasteiger partial charge in [-0.15, -0.1) is 0 Å². The molecular weight excluding hydrogens is 365 g/mol. The third-order valence-corrected chi connectivity index (χ3v) is 4.66. The lowest BCUT2D eigenvalue weighted by molar-refractivity contribution is 0.0738. The number of ether oxygens (including phenoxy) is 2. The van der Waals surface area contributed by atoms with E-state index in [1.165, 1.54) is 6.07 Å². The van der Waals surface area contributed by atoms with Crippen molar-refractivity contribution < 1.29 is 23.1 Å². The van der Waals surface area contributed by atoms with Crippen LogP contribution in [0.3, 0.4) is 0 Å². The Labute approximate surface area is 160 Å². The summed E-state index contributed by atoms with van der Waals surface area (Å²) in [6.45, 7) is 2.34. The molecule has 0 atom stereocenters. The van der Waals surface area contributed by atoms with Gasteiger partial charge in [0.05, 0.1) is 38.6 Å². The normalized spacial score (nSPS) is 13.0. The molecule has 0 unspecified atom stereocenters. The van der Waals surface area contributed by atoms with Crippen LogP contribution in [-0.2, 0) is 13.1 Å². The molecule has 0 bridgehead atoms. The molecule has 2 aromatic heterocycles. The lowest BCUT2D eigenvalue weighted by Gasteiger charge is -2.18. The second-order valence-corrected chi connectivity index (χ2v) is 6.40. The molecule has 0 saturated heterocycles. The van der Waals surface area contributed by atoms with Crippen molar-refractivity contribution in [1.29, 1.82) is 0 Å². The number of hydrogen-bond acceptors (Lipinski definition) is 6. The van der Waals surface area contributed by atoms with Gasteiger partial charge < -0.3 is 18.8 Å². The Morgan fingerprint density at radius 1 is 1.18 bits per heavy atom. The number of carbonyl (C=O) groups is 1. The molecule has 0 radical (unpaired) electrons. The topological polar surface area (TPSA) is 77.7 Å². The molecule has 0 fully saturated rings. The summed E-state index contributed by atoms with van der Waals surface area (Å²) >= 11 is 0. The zero-order valence-corrected chi connectivity index (χ0v) is 15.7. The average molecular weight is 383 g/mol. The molecule has 7 nitrogen and oxygen atoms in total. The van der Waals surface area contributed by atoms with E-state index in [1.807, 2.05) is 12.1 Å². The van der Waals surface area contributed by atoms with Crippen molar-refractivity contribution in [3.8, 4) is 23.0 Å². The predicted octanol–water partition coefficient (Wildman–Crippen LogP) is 3.36. The number of hydrogen-bond donors (Lipinski definition) is 0. The van der Waals surface area contributed by atoms with Crippen molar-refractivity contribution in [3.63, 3.8) is 0 Å². The van der Waals surface area contributed by atoms with Crippen LogP contribution in [-0.4, -0.2) is 35.0 Å². The minimum Gasteiger partial charge on any atom is -0.497 e. The van der Waals surface area contributed by atoms with Crippen molar-refractivity contribution in [2.24, 2.45) is 0 Å². The molecular formula is C20H18FN3O4. The summed E-state index contributed by atoms with van der Waals surface area (Å²) in [7, 11) is 3.15. The van der Waals surface area contributed by atoms with E-state index >= 15 is 0 Å². The Morgan fingerprint density at radius 3 is 2.68 bits per heavy atom. The lowest BCUT2D eigenvalue weighted by Crippen LogP contribution is -2.23. The van der Waals surface area contributed by atoms with Crippen LogP contribution < -0.4 is 9.47 Å². The number of pyridine rings is 1. The second kappa shape index (κ2) is 6.95. The van der Waals surface area contributed by atoms with Gasteiger partial charge in [0, 0.05) is 11.6 Å². The summed E-state index contributed by atoms with van der Waals surface area (Å²) in [5.41, 5.74) is 2.41. The molecule has 0 saturated carbocycles. The fraction of sp³-hybridized carbons (Fsp3) is 0.250. The summed E-state index contributed by atoms with van der Waals surface area (Å²) in [6, 6.07) is 8.23. The van der Waals surface area contributed by atoms with Crippen LogP contribution in [0, 0.1) is 12.9 Å². The van der Waals surface area contributed by atoms with E-state index in [0.717, 1.165) is 5.56 Å². The summed E-state index contributed by atoms with van der Waals surface area (Å²) in [5, 5.41) is 0. The zero-order chi connectivity index (χ0) is 19.8. The van der Waals surface area contributed by atoms with E-state index in [0.29, 0.717) is 41.5 Å². The maximum Gasteiger partial charge on any atom is 0.292 e. The number of nitrogens with zero attached hydrogens (tertiary/aromatic N) is 3. The van der Waals surface area contributed by atoms with E-state index in [4.69, 9.17) is 13.9 Å². The van der Waals surface area contributed by atoms with E-state index in [2.05, 4.69) is 9.97 Å². The van der Waals surface area contributed by atoms with Gasteiger partial charge in [-0.25, -0.2) is 9.97 Å². The van der Waals surface area contributed by atoms with E-state index in [9.17, 15) is 9.18 Å².